The molecule has 2 rings (SSSR count). The van der Waals surface area contributed by atoms with Gasteiger partial charge in [0, 0.05) is 17.7 Å². The molecule has 0 spiro atoms. The van der Waals surface area contributed by atoms with Crippen LogP contribution in [0.3, 0.4) is 0 Å². The van der Waals surface area contributed by atoms with E-state index in [1.807, 2.05) is 19.1 Å². The number of benzene rings is 1. The van der Waals surface area contributed by atoms with E-state index in [0.717, 1.165) is 24.1 Å². The van der Waals surface area contributed by atoms with Crippen molar-refractivity contribution in [1.82, 2.24) is 5.32 Å². The molecule has 1 amide bonds. The largest absolute Gasteiger partial charge is 0.384 e. The predicted octanol–water partition coefficient (Wildman–Crippen LogP) is 2.26. The van der Waals surface area contributed by atoms with Crippen molar-refractivity contribution in [1.29, 1.82) is 0 Å². The van der Waals surface area contributed by atoms with Gasteiger partial charge in [0.15, 0.2) is 0 Å². The number of amides is 1. The zero-order valence-corrected chi connectivity index (χ0v) is 12.1. The standard InChI is InChI=1S/C17H21NO2/c1-3-17(8-9-17)12-18-16(20)15-7-6-14(5-4-10-19)13(2)11-15/h6-7,11,19H,3,8-10,12H2,1-2H3,(H,18,20). The van der Waals surface area contributed by atoms with Crippen LogP contribution in [0.25, 0.3) is 0 Å². The molecular weight excluding hydrogens is 250 g/mol. The van der Waals surface area contributed by atoms with Crippen LogP contribution in [0.1, 0.15) is 47.7 Å². The second-order valence-corrected chi connectivity index (χ2v) is 5.53. The highest BCUT2D eigenvalue weighted by Gasteiger charge is 2.40. The number of nitrogens with one attached hydrogen (secondary N) is 1. The van der Waals surface area contributed by atoms with Gasteiger partial charge in [-0.2, -0.15) is 0 Å². The van der Waals surface area contributed by atoms with Gasteiger partial charge in [0.25, 0.3) is 5.91 Å². The topological polar surface area (TPSA) is 49.3 Å². The molecule has 3 heteroatoms. The Bertz CT molecular complexity index is 562. The fraction of sp³-hybridized carbons (Fsp3) is 0.471. The molecule has 0 aromatic heterocycles. The third kappa shape index (κ3) is 3.40. The zero-order valence-electron chi connectivity index (χ0n) is 12.1. The van der Waals surface area contributed by atoms with Crippen molar-refractivity contribution in [2.24, 2.45) is 5.41 Å². The summed E-state index contributed by atoms with van der Waals surface area (Å²) in [7, 11) is 0. The summed E-state index contributed by atoms with van der Waals surface area (Å²) in [5.74, 6) is 5.47. The van der Waals surface area contributed by atoms with Gasteiger partial charge in [0.2, 0.25) is 0 Å². The highest BCUT2D eigenvalue weighted by molar-refractivity contribution is 5.94. The Labute approximate surface area is 120 Å². The smallest absolute Gasteiger partial charge is 0.251 e. The van der Waals surface area contributed by atoms with E-state index in [2.05, 4.69) is 24.1 Å². The summed E-state index contributed by atoms with van der Waals surface area (Å²) >= 11 is 0. The molecule has 1 aromatic rings. The summed E-state index contributed by atoms with van der Waals surface area (Å²) in [4.78, 5) is 12.1. The Morgan fingerprint density at radius 3 is 2.75 bits per heavy atom. The van der Waals surface area contributed by atoms with E-state index in [4.69, 9.17) is 5.11 Å². The van der Waals surface area contributed by atoms with E-state index >= 15 is 0 Å². The average Bonchev–Trinajstić information content (AvgIpc) is 3.24. The molecule has 0 unspecified atom stereocenters. The van der Waals surface area contributed by atoms with Crippen LogP contribution < -0.4 is 5.32 Å². The molecular formula is C17H21NO2. The average molecular weight is 271 g/mol. The Morgan fingerprint density at radius 1 is 1.45 bits per heavy atom. The first-order valence-corrected chi connectivity index (χ1v) is 7.09. The molecule has 20 heavy (non-hydrogen) atoms. The van der Waals surface area contributed by atoms with Crippen LogP contribution >= 0.6 is 0 Å². The summed E-state index contributed by atoms with van der Waals surface area (Å²) in [5, 5.41) is 11.7. The van der Waals surface area contributed by atoms with Crippen LogP contribution in [-0.4, -0.2) is 24.2 Å². The highest BCUT2D eigenvalue weighted by atomic mass is 16.2. The lowest BCUT2D eigenvalue weighted by molar-refractivity contribution is 0.0944. The van der Waals surface area contributed by atoms with Crippen molar-refractivity contribution >= 4 is 5.91 Å². The summed E-state index contributed by atoms with van der Waals surface area (Å²) in [5.41, 5.74) is 2.83. The van der Waals surface area contributed by atoms with Gasteiger partial charge in [-0.15, -0.1) is 0 Å². The van der Waals surface area contributed by atoms with Crippen molar-refractivity contribution in [3.05, 3.63) is 34.9 Å². The molecule has 0 radical (unpaired) electrons. The molecule has 2 N–H and O–H groups in total. The molecule has 1 saturated carbocycles. The summed E-state index contributed by atoms with van der Waals surface area (Å²) in [6, 6.07) is 5.47. The number of aliphatic hydroxyl groups excluding tert-OH is 1. The van der Waals surface area contributed by atoms with Crippen LogP contribution in [0.5, 0.6) is 0 Å². The van der Waals surface area contributed by atoms with E-state index in [-0.39, 0.29) is 12.5 Å². The quantitative estimate of drug-likeness (QED) is 0.825. The van der Waals surface area contributed by atoms with E-state index in [1.54, 1.807) is 6.07 Å². The van der Waals surface area contributed by atoms with E-state index < -0.39 is 0 Å². The van der Waals surface area contributed by atoms with Crippen molar-refractivity contribution in [3.8, 4) is 11.8 Å². The predicted molar refractivity (Wildman–Crippen MR) is 79.4 cm³/mol. The lowest BCUT2D eigenvalue weighted by Crippen LogP contribution is -2.30. The third-order valence-electron chi connectivity index (χ3n) is 4.12. The van der Waals surface area contributed by atoms with Crippen LogP contribution in [0.15, 0.2) is 18.2 Å². The van der Waals surface area contributed by atoms with Crippen molar-refractivity contribution in [2.45, 2.75) is 33.1 Å². The molecule has 1 fully saturated rings. The SMILES string of the molecule is CCC1(CNC(=O)c2ccc(C#CCO)c(C)c2)CC1. The lowest BCUT2D eigenvalue weighted by atomic mass is 10.0. The molecule has 0 saturated heterocycles. The first-order valence-electron chi connectivity index (χ1n) is 7.09. The maximum absolute atomic E-state index is 12.1. The van der Waals surface area contributed by atoms with Gasteiger partial charge in [-0.1, -0.05) is 18.8 Å². The van der Waals surface area contributed by atoms with E-state index in [9.17, 15) is 4.79 Å². The van der Waals surface area contributed by atoms with Gasteiger partial charge in [-0.05, 0) is 55.4 Å². The highest BCUT2D eigenvalue weighted by Crippen LogP contribution is 2.47. The monoisotopic (exact) mass is 271 g/mol. The summed E-state index contributed by atoms with van der Waals surface area (Å²) < 4.78 is 0. The Kier molecular flexibility index (Phi) is 4.46. The van der Waals surface area contributed by atoms with Crippen LogP contribution in [-0.2, 0) is 0 Å². The molecule has 3 nitrogen and oxygen atoms in total. The van der Waals surface area contributed by atoms with Gasteiger partial charge >= 0.3 is 0 Å². The molecule has 0 heterocycles. The number of hydrogen-bond acceptors (Lipinski definition) is 2. The van der Waals surface area contributed by atoms with Gasteiger partial charge in [0.1, 0.15) is 6.61 Å². The van der Waals surface area contributed by atoms with Gasteiger partial charge in [0.05, 0.1) is 0 Å². The molecule has 1 aliphatic rings. The lowest BCUT2D eigenvalue weighted by Gasteiger charge is -2.13. The fourth-order valence-corrected chi connectivity index (χ4v) is 2.28. The van der Waals surface area contributed by atoms with Gasteiger partial charge < -0.3 is 10.4 Å². The second-order valence-electron chi connectivity index (χ2n) is 5.53. The number of rotatable bonds is 4. The Morgan fingerprint density at radius 2 is 2.20 bits per heavy atom. The van der Waals surface area contributed by atoms with Crippen LogP contribution in [0, 0.1) is 24.2 Å². The molecule has 0 bridgehead atoms. The molecule has 106 valence electrons. The minimum atomic E-state index is -0.152. The number of carbonyl (C=O) groups is 1. The summed E-state index contributed by atoms with van der Waals surface area (Å²) in [6.07, 6.45) is 3.57. The number of carbonyl (C=O) groups excluding carboxylic acids is 1. The Hall–Kier alpha value is -1.79. The van der Waals surface area contributed by atoms with Gasteiger partial charge in [-0.25, -0.2) is 0 Å². The molecule has 0 aliphatic heterocycles. The molecule has 1 aliphatic carbocycles. The second kappa shape index (κ2) is 6.11. The maximum Gasteiger partial charge on any atom is 0.251 e. The van der Waals surface area contributed by atoms with Crippen molar-refractivity contribution in [3.63, 3.8) is 0 Å². The van der Waals surface area contributed by atoms with Gasteiger partial charge in [-0.3, -0.25) is 4.79 Å². The van der Waals surface area contributed by atoms with Crippen molar-refractivity contribution < 1.29 is 9.90 Å². The molecule has 0 atom stereocenters. The normalized spacial score (nSPS) is 15.2. The first kappa shape index (κ1) is 14.6. The first-order chi connectivity index (χ1) is 9.60. The third-order valence-corrected chi connectivity index (χ3v) is 4.12. The van der Waals surface area contributed by atoms with Crippen LogP contribution in [0.2, 0.25) is 0 Å². The maximum atomic E-state index is 12.1. The minimum Gasteiger partial charge on any atom is -0.384 e. The number of hydrogen-bond donors (Lipinski definition) is 2. The van der Waals surface area contributed by atoms with Crippen molar-refractivity contribution in [2.75, 3.05) is 13.2 Å². The summed E-state index contributed by atoms with van der Waals surface area (Å²) in [6.45, 7) is 4.72. The Balaban J connectivity index is 2.01. The minimum absolute atomic E-state index is 0.0190. The van der Waals surface area contributed by atoms with E-state index in [1.165, 1.54) is 12.8 Å². The zero-order chi connectivity index (χ0) is 14.6. The number of aliphatic hydroxyl groups is 1. The van der Waals surface area contributed by atoms with Crippen LogP contribution in [0.4, 0.5) is 0 Å². The fourth-order valence-electron chi connectivity index (χ4n) is 2.28. The van der Waals surface area contributed by atoms with E-state index in [0.29, 0.717) is 11.0 Å². The number of aryl methyl sites for hydroxylation is 1. The molecule has 1 aromatic carbocycles.